The monoisotopic (exact) mass is 413 g/mol. The molecule has 0 bridgehead atoms. The van der Waals surface area contributed by atoms with Crippen LogP contribution in [0, 0.1) is 18.3 Å². The first kappa shape index (κ1) is 30.4. The smallest absolute Gasteiger partial charge is 0.0238 e. The van der Waals surface area contributed by atoms with Crippen LogP contribution in [0.4, 0.5) is 0 Å². The molecule has 172 valence electrons. The minimum atomic E-state index is 0.542. The third kappa shape index (κ3) is 12.7. The van der Waals surface area contributed by atoms with Crippen LogP contribution >= 0.6 is 0 Å². The summed E-state index contributed by atoms with van der Waals surface area (Å²) in [5.41, 5.74) is 5.69. The van der Waals surface area contributed by atoms with E-state index in [1.54, 1.807) is 0 Å². The summed E-state index contributed by atoms with van der Waals surface area (Å²) in [6.45, 7) is 31.6. The van der Waals surface area contributed by atoms with Gasteiger partial charge in [0.15, 0.2) is 0 Å². The van der Waals surface area contributed by atoms with Gasteiger partial charge in [0.05, 0.1) is 0 Å². The lowest BCUT2D eigenvalue weighted by atomic mass is 9.92. The summed E-state index contributed by atoms with van der Waals surface area (Å²) in [5, 5.41) is 0. The lowest BCUT2D eigenvalue weighted by molar-refractivity contribution is 0.398. The largest absolute Gasteiger partial charge is 0.377 e. The van der Waals surface area contributed by atoms with Crippen LogP contribution in [-0.4, -0.2) is 18.0 Å². The van der Waals surface area contributed by atoms with Crippen molar-refractivity contribution in [1.82, 2.24) is 4.90 Å². The van der Waals surface area contributed by atoms with E-state index in [1.165, 1.54) is 29.5 Å². The fourth-order valence-corrected chi connectivity index (χ4v) is 2.84. The Hall–Kier alpha value is -1.76. The molecule has 0 aliphatic carbocycles. The average Bonchev–Trinajstić information content (AvgIpc) is 3.24. The molecule has 1 unspecified atom stereocenters. The maximum absolute atomic E-state index is 4.24. The zero-order chi connectivity index (χ0) is 23.7. The summed E-state index contributed by atoms with van der Waals surface area (Å²) < 4.78 is 0. The van der Waals surface area contributed by atoms with Gasteiger partial charge in [0.25, 0.3) is 0 Å². The Bertz CT molecular complexity index is 598. The first-order chi connectivity index (χ1) is 14.2. The quantitative estimate of drug-likeness (QED) is 0.435. The van der Waals surface area contributed by atoms with Crippen molar-refractivity contribution in [1.29, 1.82) is 0 Å². The van der Waals surface area contributed by atoms with Gasteiger partial charge in [-0.1, -0.05) is 123 Å². The Kier molecular flexibility index (Phi) is 17.2. The Labute approximate surface area is 190 Å². The Morgan fingerprint density at radius 3 is 1.93 bits per heavy atom. The molecule has 1 atom stereocenters. The van der Waals surface area contributed by atoms with Gasteiger partial charge in [-0.05, 0) is 48.4 Å². The lowest BCUT2D eigenvalue weighted by Gasteiger charge is -2.15. The summed E-state index contributed by atoms with van der Waals surface area (Å²) >= 11 is 0. The van der Waals surface area contributed by atoms with Gasteiger partial charge in [0.2, 0.25) is 0 Å². The van der Waals surface area contributed by atoms with Gasteiger partial charge in [-0.2, -0.15) is 0 Å². The zero-order valence-corrected chi connectivity index (χ0v) is 21.9. The highest BCUT2D eigenvalue weighted by molar-refractivity contribution is 5.72. The number of nitrogens with zero attached hydrogens (tertiary/aromatic N) is 1. The van der Waals surface area contributed by atoms with E-state index in [0.717, 1.165) is 25.1 Å². The van der Waals surface area contributed by atoms with Crippen molar-refractivity contribution in [3.63, 3.8) is 0 Å². The van der Waals surface area contributed by atoms with Gasteiger partial charge in [0, 0.05) is 13.1 Å². The molecule has 0 amide bonds. The van der Waals surface area contributed by atoms with Crippen molar-refractivity contribution < 1.29 is 0 Å². The van der Waals surface area contributed by atoms with E-state index in [1.807, 2.05) is 33.9 Å². The van der Waals surface area contributed by atoms with Crippen molar-refractivity contribution in [3.8, 4) is 0 Å². The predicted molar refractivity (Wildman–Crippen MR) is 141 cm³/mol. The van der Waals surface area contributed by atoms with Crippen LogP contribution in [0.3, 0.4) is 0 Å². The van der Waals surface area contributed by atoms with Crippen molar-refractivity contribution in [2.45, 2.75) is 88.5 Å². The van der Waals surface area contributed by atoms with Gasteiger partial charge in [-0.25, -0.2) is 0 Å². The highest BCUT2D eigenvalue weighted by atomic mass is 15.1. The van der Waals surface area contributed by atoms with Crippen molar-refractivity contribution in [2.75, 3.05) is 13.1 Å². The second-order valence-corrected chi connectivity index (χ2v) is 8.54. The standard InChI is InChI=1S/C19H25N.C6H14.2C2H6/c1-5-17(19-11-12-20(6-2)14-19)13-16(4)18-9-7-15(3)8-10-18;1-5-6(2,3)4;2*1-2/h6-10,13,19H,2,4-5,11-12,14H2,1,3H3;5H2,1-4H3;2*1-2H3/b17-13+;;;. The molecule has 30 heavy (non-hydrogen) atoms. The van der Waals surface area contributed by atoms with E-state index in [9.17, 15) is 0 Å². The van der Waals surface area contributed by atoms with Crippen LogP contribution in [0.2, 0.25) is 0 Å². The second-order valence-electron chi connectivity index (χ2n) is 8.54. The van der Waals surface area contributed by atoms with Crippen LogP contribution in [0.15, 0.2) is 55.3 Å². The minimum Gasteiger partial charge on any atom is -0.377 e. The third-order valence-corrected chi connectivity index (χ3v) is 5.25. The first-order valence-electron chi connectivity index (χ1n) is 12.0. The highest BCUT2D eigenvalue weighted by Gasteiger charge is 2.22. The fourth-order valence-electron chi connectivity index (χ4n) is 2.84. The van der Waals surface area contributed by atoms with Crippen LogP contribution in [0.1, 0.15) is 92.7 Å². The summed E-state index contributed by atoms with van der Waals surface area (Å²) in [4.78, 5) is 2.31. The zero-order valence-electron chi connectivity index (χ0n) is 21.9. The molecule has 1 heterocycles. The second kappa shape index (κ2) is 17.0. The maximum atomic E-state index is 4.24. The van der Waals surface area contributed by atoms with Crippen molar-refractivity contribution in [3.05, 3.63) is 66.4 Å². The van der Waals surface area contributed by atoms with Gasteiger partial charge >= 0.3 is 0 Å². The number of aryl methyl sites for hydroxylation is 1. The van der Waals surface area contributed by atoms with Crippen LogP contribution in [0.25, 0.3) is 5.57 Å². The normalized spacial score (nSPS) is 15.6. The predicted octanol–water partition coefficient (Wildman–Crippen LogP) is 9.30. The van der Waals surface area contributed by atoms with E-state index in [-0.39, 0.29) is 0 Å². The number of allylic oxidation sites excluding steroid dienone is 2. The highest BCUT2D eigenvalue weighted by Crippen LogP contribution is 2.28. The SMILES string of the molecule is C=CN1CCC(/C(=C/C(=C)c2ccc(C)cc2)CC)C1.CC.CC.CCC(C)(C)C. The minimum absolute atomic E-state index is 0.542. The van der Waals surface area contributed by atoms with Crippen LogP contribution in [0.5, 0.6) is 0 Å². The summed E-state index contributed by atoms with van der Waals surface area (Å²) in [6, 6.07) is 8.61. The molecule has 0 aromatic heterocycles. The molecule has 1 heteroatoms. The molecule has 1 aliphatic heterocycles. The number of benzene rings is 1. The molecule has 1 fully saturated rings. The molecule has 2 rings (SSSR count). The van der Waals surface area contributed by atoms with Gasteiger partial charge < -0.3 is 4.90 Å². The number of likely N-dealkylation sites (tertiary alicyclic amines) is 1. The van der Waals surface area contributed by atoms with Gasteiger partial charge in [-0.15, -0.1) is 0 Å². The van der Waals surface area contributed by atoms with Gasteiger partial charge in [0.1, 0.15) is 0 Å². The third-order valence-electron chi connectivity index (χ3n) is 5.25. The van der Waals surface area contributed by atoms with E-state index in [4.69, 9.17) is 0 Å². The van der Waals surface area contributed by atoms with Gasteiger partial charge in [-0.3, -0.25) is 0 Å². The molecule has 1 aliphatic rings. The fraction of sp³-hybridized carbons (Fsp3) is 0.586. The van der Waals surface area contributed by atoms with E-state index >= 15 is 0 Å². The maximum Gasteiger partial charge on any atom is 0.0238 e. The lowest BCUT2D eigenvalue weighted by Crippen LogP contribution is -2.13. The Morgan fingerprint density at radius 2 is 1.57 bits per heavy atom. The molecular weight excluding hydrogens is 362 g/mol. The number of hydrogen-bond acceptors (Lipinski definition) is 1. The molecule has 1 aromatic rings. The van der Waals surface area contributed by atoms with Crippen molar-refractivity contribution >= 4 is 5.57 Å². The molecule has 1 nitrogen and oxygen atoms in total. The molecule has 1 aromatic carbocycles. The molecule has 0 saturated carbocycles. The van der Waals surface area contributed by atoms with Crippen molar-refractivity contribution in [2.24, 2.45) is 11.3 Å². The van der Waals surface area contributed by atoms with E-state index < -0.39 is 0 Å². The first-order valence-corrected chi connectivity index (χ1v) is 12.0. The van der Waals surface area contributed by atoms with E-state index in [2.05, 4.69) is 89.9 Å². The molecule has 0 radical (unpaired) electrons. The molecule has 0 spiro atoms. The summed E-state index contributed by atoms with van der Waals surface area (Å²) in [6.07, 6.45) is 7.85. The van der Waals surface area contributed by atoms with Crippen LogP contribution < -0.4 is 0 Å². The average molecular weight is 414 g/mol. The Balaban J connectivity index is 0. The summed E-state index contributed by atoms with van der Waals surface area (Å²) in [7, 11) is 0. The van der Waals surface area contributed by atoms with E-state index in [0.29, 0.717) is 11.3 Å². The number of hydrogen-bond donors (Lipinski definition) is 0. The summed E-state index contributed by atoms with van der Waals surface area (Å²) in [5.74, 6) is 0.653. The van der Waals surface area contributed by atoms with Crippen LogP contribution in [-0.2, 0) is 0 Å². The Morgan fingerprint density at radius 1 is 1.07 bits per heavy atom. The number of rotatable bonds is 5. The topological polar surface area (TPSA) is 3.24 Å². The molecular formula is C29H51N. The molecule has 0 N–H and O–H groups in total. The molecule has 1 saturated heterocycles.